The number of rotatable bonds is 7. The van der Waals surface area contributed by atoms with Crippen molar-refractivity contribution >= 4 is 21.6 Å². The molecule has 0 unspecified atom stereocenters. The van der Waals surface area contributed by atoms with E-state index >= 15 is 0 Å². The van der Waals surface area contributed by atoms with Gasteiger partial charge >= 0.3 is 0 Å². The third-order valence-electron chi connectivity index (χ3n) is 4.29. The molecule has 0 bridgehead atoms. The topological polar surface area (TPSA) is 57.7 Å². The van der Waals surface area contributed by atoms with Gasteiger partial charge in [-0.25, -0.2) is 8.42 Å². The van der Waals surface area contributed by atoms with Crippen LogP contribution in [-0.4, -0.2) is 38.9 Å². The molecule has 0 aliphatic rings. The zero-order valence-electron chi connectivity index (χ0n) is 15.8. The average molecular weight is 375 g/mol. The van der Waals surface area contributed by atoms with Crippen LogP contribution in [0.15, 0.2) is 53.4 Å². The highest BCUT2D eigenvalue weighted by Gasteiger charge is 2.28. The predicted octanol–water partition coefficient (Wildman–Crippen LogP) is 3.37. The fourth-order valence-corrected chi connectivity index (χ4v) is 4.14. The molecule has 2 aromatic rings. The van der Waals surface area contributed by atoms with E-state index in [-0.39, 0.29) is 17.3 Å². The molecule has 5 nitrogen and oxygen atoms in total. The Balaban J connectivity index is 2.49. The van der Waals surface area contributed by atoms with E-state index in [2.05, 4.69) is 0 Å². The Labute approximate surface area is 156 Å². The number of amides is 1. The first-order chi connectivity index (χ1) is 12.3. The van der Waals surface area contributed by atoms with Gasteiger partial charge in [0.1, 0.15) is 6.54 Å². The van der Waals surface area contributed by atoms with Gasteiger partial charge in [-0.15, -0.1) is 0 Å². The van der Waals surface area contributed by atoms with Gasteiger partial charge in [0.2, 0.25) is 5.91 Å². The number of sulfonamides is 1. The standard InChI is InChI=1S/C20H26N2O3S/c1-5-21(6-2)20(23)15-22(18-9-7-8-17(4)14-18)26(24,25)19-12-10-16(3)11-13-19/h7-14H,5-6,15H2,1-4H3. The van der Waals surface area contributed by atoms with Crippen LogP contribution in [0.3, 0.4) is 0 Å². The number of benzene rings is 2. The van der Waals surface area contributed by atoms with E-state index < -0.39 is 10.0 Å². The van der Waals surface area contributed by atoms with E-state index in [1.165, 1.54) is 4.31 Å². The molecular formula is C20H26N2O3S. The molecule has 140 valence electrons. The van der Waals surface area contributed by atoms with Gasteiger partial charge in [-0.1, -0.05) is 29.8 Å². The van der Waals surface area contributed by atoms with E-state index in [0.717, 1.165) is 11.1 Å². The first kappa shape index (κ1) is 20.0. The van der Waals surface area contributed by atoms with Gasteiger partial charge in [-0.3, -0.25) is 9.10 Å². The van der Waals surface area contributed by atoms with Crippen molar-refractivity contribution < 1.29 is 13.2 Å². The van der Waals surface area contributed by atoms with Crippen molar-refractivity contribution in [1.82, 2.24) is 4.90 Å². The van der Waals surface area contributed by atoms with Crippen molar-refractivity contribution in [3.63, 3.8) is 0 Å². The molecule has 2 aromatic carbocycles. The highest BCUT2D eigenvalue weighted by Crippen LogP contribution is 2.25. The first-order valence-corrected chi connectivity index (χ1v) is 10.2. The Morgan fingerprint density at radius 2 is 1.54 bits per heavy atom. The number of nitrogens with zero attached hydrogens (tertiary/aromatic N) is 2. The van der Waals surface area contributed by atoms with Crippen LogP contribution in [-0.2, 0) is 14.8 Å². The summed E-state index contributed by atoms with van der Waals surface area (Å²) in [6.07, 6.45) is 0. The zero-order chi connectivity index (χ0) is 19.3. The molecule has 0 saturated carbocycles. The maximum Gasteiger partial charge on any atom is 0.264 e. The van der Waals surface area contributed by atoms with Crippen molar-refractivity contribution in [3.05, 3.63) is 59.7 Å². The van der Waals surface area contributed by atoms with Gasteiger partial charge in [0.25, 0.3) is 10.0 Å². The average Bonchev–Trinajstić information content (AvgIpc) is 2.61. The molecule has 0 aliphatic heterocycles. The molecule has 0 spiro atoms. The molecule has 26 heavy (non-hydrogen) atoms. The van der Waals surface area contributed by atoms with E-state index in [0.29, 0.717) is 18.8 Å². The second-order valence-electron chi connectivity index (χ2n) is 6.23. The van der Waals surface area contributed by atoms with E-state index in [1.54, 1.807) is 47.4 Å². The van der Waals surface area contributed by atoms with Crippen molar-refractivity contribution in [2.45, 2.75) is 32.6 Å². The summed E-state index contributed by atoms with van der Waals surface area (Å²) in [6.45, 7) is 8.43. The number of aryl methyl sites for hydroxylation is 2. The molecule has 0 fully saturated rings. The SMILES string of the molecule is CCN(CC)C(=O)CN(c1cccc(C)c1)S(=O)(=O)c1ccc(C)cc1. The minimum absolute atomic E-state index is 0.178. The number of hydrogen-bond acceptors (Lipinski definition) is 3. The maximum atomic E-state index is 13.2. The molecular weight excluding hydrogens is 348 g/mol. The van der Waals surface area contributed by atoms with Gasteiger partial charge in [0.15, 0.2) is 0 Å². The molecule has 6 heteroatoms. The molecule has 0 aliphatic carbocycles. The summed E-state index contributed by atoms with van der Waals surface area (Å²) in [5, 5.41) is 0. The summed E-state index contributed by atoms with van der Waals surface area (Å²) in [5.74, 6) is -0.216. The minimum atomic E-state index is -3.85. The maximum absolute atomic E-state index is 13.2. The minimum Gasteiger partial charge on any atom is -0.342 e. The Bertz CT molecular complexity index is 857. The number of carbonyl (C=O) groups excluding carboxylic acids is 1. The van der Waals surface area contributed by atoms with Crippen LogP contribution >= 0.6 is 0 Å². The summed E-state index contributed by atoms with van der Waals surface area (Å²) in [4.78, 5) is 14.4. The van der Waals surface area contributed by atoms with Gasteiger partial charge in [0.05, 0.1) is 10.6 Å². The van der Waals surface area contributed by atoms with E-state index in [9.17, 15) is 13.2 Å². The number of anilines is 1. The molecule has 0 heterocycles. The van der Waals surface area contributed by atoms with Gasteiger partial charge < -0.3 is 4.90 Å². The van der Waals surface area contributed by atoms with Crippen molar-refractivity contribution in [1.29, 1.82) is 0 Å². The van der Waals surface area contributed by atoms with Gasteiger partial charge in [0, 0.05) is 13.1 Å². The Morgan fingerprint density at radius 1 is 0.923 bits per heavy atom. The van der Waals surface area contributed by atoms with Crippen LogP contribution in [0.1, 0.15) is 25.0 Å². The van der Waals surface area contributed by atoms with Gasteiger partial charge in [-0.2, -0.15) is 0 Å². The fraction of sp³-hybridized carbons (Fsp3) is 0.350. The van der Waals surface area contributed by atoms with Crippen molar-refractivity contribution in [2.75, 3.05) is 23.9 Å². The summed E-state index contributed by atoms with van der Waals surface area (Å²) in [7, 11) is -3.85. The lowest BCUT2D eigenvalue weighted by Crippen LogP contribution is -2.43. The third-order valence-corrected chi connectivity index (χ3v) is 6.08. The molecule has 1 amide bonds. The quantitative estimate of drug-likeness (QED) is 0.747. The smallest absolute Gasteiger partial charge is 0.264 e. The predicted molar refractivity (Wildman–Crippen MR) is 105 cm³/mol. The molecule has 2 rings (SSSR count). The summed E-state index contributed by atoms with van der Waals surface area (Å²) in [5.41, 5.74) is 2.40. The summed E-state index contributed by atoms with van der Waals surface area (Å²) in [6, 6.07) is 13.9. The van der Waals surface area contributed by atoms with Crippen molar-refractivity contribution in [2.24, 2.45) is 0 Å². The molecule has 0 saturated heterocycles. The molecule has 0 radical (unpaired) electrons. The second-order valence-corrected chi connectivity index (χ2v) is 8.09. The van der Waals surface area contributed by atoms with Crippen LogP contribution in [0, 0.1) is 13.8 Å². The third kappa shape index (κ3) is 4.43. The molecule has 0 atom stereocenters. The van der Waals surface area contributed by atoms with E-state index in [4.69, 9.17) is 0 Å². The normalized spacial score (nSPS) is 11.2. The fourth-order valence-electron chi connectivity index (χ4n) is 2.73. The highest BCUT2D eigenvalue weighted by molar-refractivity contribution is 7.92. The monoisotopic (exact) mass is 374 g/mol. The Morgan fingerprint density at radius 3 is 2.08 bits per heavy atom. The first-order valence-electron chi connectivity index (χ1n) is 8.73. The number of likely N-dealkylation sites (N-methyl/N-ethyl adjacent to an activating group) is 1. The molecule has 0 N–H and O–H groups in total. The highest BCUT2D eigenvalue weighted by atomic mass is 32.2. The summed E-state index contributed by atoms with van der Waals surface area (Å²) < 4.78 is 27.7. The lowest BCUT2D eigenvalue weighted by atomic mass is 10.2. The number of carbonyl (C=O) groups is 1. The van der Waals surface area contributed by atoms with Gasteiger partial charge in [-0.05, 0) is 57.5 Å². The summed E-state index contributed by atoms with van der Waals surface area (Å²) >= 11 is 0. The van der Waals surface area contributed by atoms with Crippen molar-refractivity contribution in [3.8, 4) is 0 Å². The van der Waals surface area contributed by atoms with Crippen LogP contribution in [0.2, 0.25) is 0 Å². The van der Waals surface area contributed by atoms with Crippen LogP contribution < -0.4 is 4.31 Å². The van der Waals surface area contributed by atoms with E-state index in [1.807, 2.05) is 33.8 Å². The van der Waals surface area contributed by atoms with Crippen LogP contribution in [0.4, 0.5) is 5.69 Å². The largest absolute Gasteiger partial charge is 0.342 e. The lowest BCUT2D eigenvalue weighted by molar-refractivity contribution is -0.129. The van der Waals surface area contributed by atoms with Crippen LogP contribution in [0.5, 0.6) is 0 Å². The van der Waals surface area contributed by atoms with Crippen LogP contribution in [0.25, 0.3) is 0 Å². The zero-order valence-corrected chi connectivity index (χ0v) is 16.6. The Hall–Kier alpha value is -2.34. The Kier molecular flexibility index (Phi) is 6.42. The second kappa shape index (κ2) is 8.36. The lowest BCUT2D eigenvalue weighted by Gasteiger charge is -2.27. The number of hydrogen-bond donors (Lipinski definition) is 0. The molecule has 0 aromatic heterocycles.